The normalized spacial score (nSPS) is 12.7. The highest BCUT2D eigenvalue weighted by Crippen LogP contribution is 2.26. The first-order valence-corrected chi connectivity index (χ1v) is 5.40. The molecule has 0 aliphatic carbocycles. The molecule has 0 fully saturated rings. The van der Waals surface area contributed by atoms with E-state index in [4.69, 9.17) is 0 Å². The van der Waals surface area contributed by atoms with Crippen molar-refractivity contribution in [3.8, 4) is 0 Å². The van der Waals surface area contributed by atoms with Crippen molar-refractivity contribution in [2.75, 3.05) is 0 Å². The molecule has 2 aromatic heterocycles. The van der Waals surface area contributed by atoms with E-state index in [1.165, 1.54) is 12.1 Å². The molecule has 2 nitrogen and oxygen atoms in total. The summed E-state index contributed by atoms with van der Waals surface area (Å²) in [6, 6.07) is 4.65. The Labute approximate surface area is 91.0 Å². The van der Waals surface area contributed by atoms with E-state index in [1.807, 2.05) is 18.4 Å². The Hall–Kier alpha value is -1.26. The van der Waals surface area contributed by atoms with Gasteiger partial charge in [0, 0.05) is 10.4 Å². The number of aryl methyl sites for hydroxylation is 1. The average Bonchev–Trinajstić information content (AvgIpc) is 2.65. The number of rotatable bonds is 2. The number of hydrogen-bond acceptors (Lipinski definition) is 3. The van der Waals surface area contributed by atoms with Gasteiger partial charge in [0.2, 0.25) is 0 Å². The van der Waals surface area contributed by atoms with Crippen molar-refractivity contribution in [3.63, 3.8) is 0 Å². The van der Waals surface area contributed by atoms with E-state index in [0.717, 1.165) is 16.6 Å². The third-order valence-electron chi connectivity index (χ3n) is 2.22. The molecule has 0 bridgehead atoms. The van der Waals surface area contributed by atoms with Gasteiger partial charge < -0.3 is 5.11 Å². The predicted octanol–water partition coefficient (Wildman–Crippen LogP) is 2.67. The Bertz CT molecular complexity index is 452. The number of hydrogen-bond donors (Lipinski definition) is 1. The summed E-state index contributed by atoms with van der Waals surface area (Å²) in [5, 5.41) is 11.9. The molecule has 4 heteroatoms. The van der Waals surface area contributed by atoms with Crippen LogP contribution in [0.15, 0.2) is 29.8 Å². The molecule has 0 saturated heterocycles. The van der Waals surface area contributed by atoms with Crippen LogP contribution in [0.3, 0.4) is 0 Å². The van der Waals surface area contributed by atoms with E-state index in [2.05, 4.69) is 4.98 Å². The Balaban J connectivity index is 2.32. The van der Waals surface area contributed by atoms with Gasteiger partial charge in [0.25, 0.3) is 0 Å². The second-order valence-electron chi connectivity index (χ2n) is 3.24. The molecule has 0 amide bonds. The summed E-state index contributed by atoms with van der Waals surface area (Å²) < 4.78 is 12.6. The van der Waals surface area contributed by atoms with Gasteiger partial charge in [0.15, 0.2) is 0 Å². The van der Waals surface area contributed by atoms with E-state index >= 15 is 0 Å². The van der Waals surface area contributed by atoms with Crippen LogP contribution in [-0.2, 0) is 0 Å². The van der Waals surface area contributed by atoms with Gasteiger partial charge in [0.05, 0.1) is 11.9 Å². The van der Waals surface area contributed by atoms with Crippen molar-refractivity contribution >= 4 is 11.3 Å². The van der Waals surface area contributed by atoms with Crippen LogP contribution in [0.25, 0.3) is 0 Å². The minimum absolute atomic E-state index is 0.395. The molecular weight excluding hydrogens is 213 g/mol. The van der Waals surface area contributed by atoms with E-state index in [1.54, 1.807) is 11.3 Å². The molecule has 2 heterocycles. The van der Waals surface area contributed by atoms with Gasteiger partial charge in [-0.25, -0.2) is 4.39 Å². The zero-order valence-corrected chi connectivity index (χ0v) is 8.96. The van der Waals surface area contributed by atoms with Gasteiger partial charge in [-0.15, -0.1) is 11.3 Å². The van der Waals surface area contributed by atoms with Crippen molar-refractivity contribution in [2.24, 2.45) is 0 Å². The summed E-state index contributed by atoms with van der Waals surface area (Å²) in [6.07, 6.45) is 0.345. The molecule has 1 atom stereocenters. The predicted molar refractivity (Wildman–Crippen MR) is 57.3 cm³/mol. The largest absolute Gasteiger partial charge is 0.382 e. The first-order valence-electron chi connectivity index (χ1n) is 4.52. The summed E-state index contributed by atoms with van der Waals surface area (Å²) in [4.78, 5) is 4.90. The SMILES string of the molecule is Cc1sccc1C(O)c1ccc(F)cn1. The molecule has 0 saturated carbocycles. The maximum atomic E-state index is 12.6. The van der Waals surface area contributed by atoms with Gasteiger partial charge in [0.1, 0.15) is 11.9 Å². The van der Waals surface area contributed by atoms with Crippen molar-refractivity contribution in [2.45, 2.75) is 13.0 Å². The first kappa shape index (κ1) is 10.3. The lowest BCUT2D eigenvalue weighted by molar-refractivity contribution is 0.215. The fourth-order valence-electron chi connectivity index (χ4n) is 1.39. The summed E-state index contributed by atoms with van der Waals surface area (Å²) in [5.41, 5.74) is 1.30. The molecule has 0 radical (unpaired) electrons. The van der Waals surface area contributed by atoms with Crippen LogP contribution >= 0.6 is 11.3 Å². The molecule has 0 aliphatic rings. The molecule has 78 valence electrons. The van der Waals surface area contributed by atoms with Crippen LogP contribution in [0, 0.1) is 12.7 Å². The number of aliphatic hydroxyl groups excluding tert-OH is 1. The molecule has 15 heavy (non-hydrogen) atoms. The van der Waals surface area contributed by atoms with Gasteiger partial charge in [-0.1, -0.05) is 0 Å². The fourth-order valence-corrected chi connectivity index (χ4v) is 2.12. The van der Waals surface area contributed by atoms with Gasteiger partial charge in [-0.05, 0) is 30.5 Å². The smallest absolute Gasteiger partial charge is 0.141 e. The third-order valence-corrected chi connectivity index (χ3v) is 3.09. The molecule has 2 rings (SSSR count). The highest BCUT2D eigenvalue weighted by molar-refractivity contribution is 7.10. The van der Waals surface area contributed by atoms with Crippen molar-refractivity contribution in [3.05, 3.63) is 51.7 Å². The van der Waals surface area contributed by atoms with Crippen molar-refractivity contribution in [1.29, 1.82) is 0 Å². The lowest BCUT2D eigenvalue weighted by Gasteiger charge is -2.09. The monoisotopic (exact) mass is 223 g/mol. The number of aromatic nitrogens is 1. The lowest BCUT2D eigenvalue weighted by Crippen LogP contribution is -2.02. The Kier molecular flexibility index (Phi) is 2.79. The Morgan fingerprint density at radius 3 is 2.73 bits per heavy atom. The highest BCUT2D eigenvalue weighted by atomic mass is 32.1. The van der Waals surface area contributed by atoms with Crippen LogP contribution in [0.5, 0.6) is 0 Å². The van der Waals surface area contributed by atoms with E-state index in [-0.39, 0.29) is 0 Å². The first-order chi connectivity index (χ1) is 7.18. The van der Waals surface area contributed by atoms with Crippen LogP contribution in [0.1, 0.15) is 22.2 Å². The summed E-state index contributed by atoms with van der Waals surface area (Å²) >= 11 is 1.57. The molecule has 0 spiro atoms. The van der Waals surface area contributed by atoms with E-state index < -0.39 is 11.9 Å². The number of thiophene rings is 1. The summed E-state index contributed by atoms with van der Waals surface area (Å²) in [5.74, 6) is -0.395. The standard InChI is InChI=1S/C11H10FNOS/c1-7-9(4-5-15-7)11(14)10-3-2-8(12)6-13-10/h2-6,11,14H,1H3. The van der Waals surface area contributed by atoms with Crippen LogP contribution in [0.2, 0.25) is 0 Å². The average molecular weight is 223 g/mol. The van der Waals surface area contributed by atoms with Crippen molar-refractivity contribution < 1.29 is 9.50 Å². The molecule has 0 aliphatic heterocycles. The van der Waals surface area contributed by atoms with E-state index in [9.17, 15) is 9.50 Å². The van der Waals surface area contributed by atoms with Crippen LogP contribution < -0.4 is 0 Å². The summed E-state index contributed by atoms with van der Waals surface area (Å²) in [7, 11) is 0. The molecule has 1 unspecified atom stereocenters. The topological polar surface area (TPSA) is 33.1 Å². The number of halogens is 1. The summed E-state index contributed by atoms with van der Waals surface area (Å²) in [6.45, 7) is 1.94. The minimum Gasteiger partial charge on any atom is -0.382 e. The zero-order valence-electron chi connectivity index (χ0n) is 8.14. The van der Waals surface area contributed by atoms with Gasteiger partial charge in [-0.2, -0.15) is 0 Å². The van der Waals surface area contributed by atoms with Crippen molar-refractivity contribution in [1.82, 2.24) is 4.98 Å². The quantitative estimate of drug-likeness (QED) is 0.849. The number of aliphatic hydroxyl groups is 1. The second-order valence-corrected chi connectivity index (χ2v) is 4.36. The number of pyridine rings is 1. The minimum atomic E-state index is -0.767. The van der Waals surface area contributed by atoms with Gasteiger partial charge >= 0.3 is 0 Å². The maximum Gasteiger partial charge on any atom is 0.141 e. The van der Waals surface area contributed by atoms with Crippen LogP contribution in [0.4, 0.5) is 4.39 Å². The molecule has 2 aromatic rings. The Morgan fingerprint density at radius 2 is 2.20 bits per heavy atom. The van der Waals surface area contributed by atoms with E-state index in [0.29, 0.717) is 5.69 Å². The molecule has 0 aromatic carbocycles. The Morgan fingerprint density at radius 1 is 1.40 bits per heavy atom. The second kappa shape index (κ2) is 4.08. The number of nitrogens with zero attached hydrogens (tertiary/aromatic N) is 1. The van der Waals surface area contributed by atoms with Crippen LogP contribution in [-0.4, -0.2) is 10.1 Å². The zero-order chi connectivity index (χ0) is 10.8. The lowest BCUT2D eigenvalue weighted by atomic mass is 10.1. The van der Waals surface area contributed by atoms with Gasteiger partial charge in [-0.3, -0.25) is 4.98 Å². The maximum absolute atomic E-state index is 12.6. The third kappa shape index (κ3) is 2.06. The molecular formula is C11H10FNOS. The fraction of sp³-hybridized carbons (Fsp3) is 0.182. The highest BCUT2D eigenvalue weighted by Gasteiger charge is 2.14. The molecule has 1 N–H and O–H groups in total.